The minimum absolute atomic E-state index is 0.0681. The zero-order chi connectivity index (χ0) is 15.4. The predicted octanol–water partition coefficient (Wildman–Crippen LogP) is 3.17. The van der Waals surface area contributed by atoms with Crippen LogP contribution in [0.25, 0.3) is 0 Å². The summed E-state index contributed by atoms with van der Waals surface area (Å²) in [5.41, 5.74) is 0.147. The van der Waals surface area contributed by atoms with Gasteiger partial charge >= 0.3 is 0 Å². The molecule has 0 amide bonds. The number of hydrogen-bond donors (Lipinski definition) is 3. The Bertz CT molecular complexity index is 550. The maximum absolute atomic E-state index is 10.8. The lowest BCUT2D eigenvalue weighted by atomic mass is 9.86. The molecule has 1 aliphatic carbocycles. The molecule has 1 aromatic carbocycles. The Morgan fingerprint density at radius 3 is 2.81 bits per heavy atom. The molecule has 0 saturated heterocycles. The van der Waals surface area contributed by atoms with Crippen LogP contribution in [0.5, 0.6) is 5.75 Å². The largest absolute Gasteiger partial charge is 0.506 e. The van der Waals surface area contributed by atoms with Crippen LogP contribution in [0.15, 0.2) is 18.2 Å². The number of anilines is 1. The lowest BCUT2D eigenvalue weighted by Gasteiger charge is -2.30. The van der Waals surface area contributed by atoms with E-state index in [4.69, 9.17) is 12.2 Å². The zero-order valence-corrected chi connectivity index (χ0v) is 12.7. The number of benzene rings is 1. The molecule has 1 aliphatic rings. The molecular formula is C14H19N3O3S. The Balaban J connectivity index is 2.02. The molecule has 21 heavy (non-hydrogen) atoms. The minimum atomic E-state index is -0.510. The fourth-order valence-electron chi connectivity index (χ4n) is 2.60. The molecule has 0 unspecified atom stereocenters. The molecule has 3 N–H and O–H groups in total. The maximum Gasteiger partial charge on any atom is 0.271 e. The maximum atomic E-state index is 10.8. The first-order valence-corrected chi connectivity index (χ1v) is 7.43. The van der Waals surface area contributed by atoms with Crippen LogP contribution >= 0.6 is 12.2 Å². The topological polar surface area (TPSA) is 87.4 Å². The number of nitro groups is 1. The third kappa shape index (κ3) is 4.04. The quantitative estimate of drug-likeness (QED) is 0.344. The number of thiocarbonyl (C=S) groups is 1. The minimum Gasteiger partial charge on any atom is -0.506 e. The molecular weight excluding hydrogens is 290 g/mol. The first-order valence-electron chi connectivity index (χ1n) is 7.02. The predicted molar refractivity (Wildman–Crippen MR) is 85.5 cm³/mol. The first kappa shape index (κ1) is 15.5. The lowest BCUT2D eigenvalue weighted by Crippen LogP contribution is -2.43. The second-order valence-corrected chi connectivity index (χ2v) is 5.83. The van der Waals surface area contributed by atoms with Gasteiger partial charge in [-0.1, -0.05) is 19.8 Å². The van der Waals surface area contributed by atoms with E-state index in [-0.39, 0.29) is 17.1 Å². The van der Waals surface area contributed by atoms with Crippen LogP contribution in [0, 0.1) is 16.0 Å². The summed E-state index contributed by atoms with van der Waals surface area (Å²) in [4.78, 5) is 10.2. The van der Waals surface area contributed by atoms with Gasteiger partial charge in [-0.15, -0.1) is 0 Å². The summed E-state index contributed by atoms with van der Waals surface area (Å²) in [7, 11) is 0. The molecule has 1 saturated carbocycles. The zero-order valence-electron chi connectivity index (χ0n) is 11.8. The van der Waals surface area contributed by atoms with Crippen molar-refractivity contribution in [2.24, 2.45) is 5.92 Å². The highest BCUT2D eigenvalue weighted by atomic mass is 32.1. The number of nitrogens with one attached hydrogen (secondary N) is 2. The highest BCUT2D eigenvalue weighted by Crippen LogP contribution is 2.28. The molecule has 0 aliphatic heterocycles. The Hall–Kier alpha value is -1.89. The molecule has 114 valence electrons. The number of non-ortho nitro benzene ring substituents is 1. The fraction of sp³-hybridized carbons (Fsp3) is 0.500. The van der Waals surface area contributed by atoms with Crippen molar-refractivity contribution >= 4 is 28.7 Å². The first-order chi connectivity index (χ1) is 9.97. The summed E-state index contributed by atoms with van der Waals surface area (Å²) >= 11 is 5.24. The van der Waals surface area contributed by atoms with Crippen LogP contribution in [0.1, 0.15) is 32.6 Å². The number of aromatic hydroxyl groups is 1. The number of phenolic OH excluding ortho intramolecular Hbond substituents is 1. The summed E-state index contributed by atoms with van der Waals surface area (Å²) in [6, 6.07) is 4.11. The molecule has 2 atom stereocenters. The van der Waals surface area contributed by atoms with Gasteiger partial charge in [-0.05, 0) is 37.0 Å². The number of nitro benzene ring substituents is 1. The van der Waals surface area contributed by atoms with E-state index in [9.17, 15) is 15.2 Å². The van der Waals surface area contributed by atoms with E-state index in [1.165, 1.54) is 37.5 Å². The van der Waals surface area contributed by atoms with Gasteiger partial charge in [0.15, 0.2) is 5.11 Å². The summed E-state index contributed by atoms with van der Waals surface area (Å²) < 4.78 is 0. The molecule has 0 aromatic heterocycles. The SMILES string of the molecule is C[C@@H]1CCCC[C@@H]1NC(=S)Nc1cc([N+](=O)[O-])ccc1O. The molecule has 0 spiro atoms. The van der Waals surface area contributed by atoms with Gasteiger partial charge in [0.2, 0.25) is 0 Å². The van der Waals surface area contributed by atoms with Crippen molar-refractivity contribution in [2.75, 3.05) is 5.32 Å². The standard InChI is InChI=1S/C14H19N3O3S/c1-9-4-2-3-5-11(9)15-14(21)16-12-8-10(17(19)20)6-7-13(12)18/h6-9,11,18H,2-5H2,1H3,(H2,15,16,21)/t9-,11+/m1/s1. The average Bonchev–Trinajstić information content (AvgIpc) is 2.43. The van der Waals surface area contributed by atoms with Crippen molar-refractivity contribution in [1.82, 2.24) is 5.32 Å². The molecule has 0 heterocycles. The van der Waals surface area contributed by atoms with Gasteiger partial charge in [-0.25, -0.2) is 0 Å². The van der Waals surface area contributed by atoms with Gasteiger partial charge in [0, 0.05) is 18.2 Å². The van der Waals surface area contributed by atoms with Crippen LogP contribution in [0.3, 0.4) is 0 Å². The van der Waals surface area contributed by atoms with E-state index < -0.39 is 4.92 Å². The van der Waals surface area contributed by atoms with Crippen LogP contribution in [0.4, 0.5) is 11.4 Å². The van der Waals surface area contributed by atoms with Crippen LogP contribution in [0.2, 0.25) is 0 Å². The van der Waals surface area contributed by atoms with E-state index in [0.717, 1.165) is 6.42 Å². The van der Waals surface area contributed by atoms with Crippen LogP contribution in [-0.4, -0.2) is 21.2 Å². The molecule has 7 heteroatoms. The van der Waals surface area contributed by atoms with Gasteiger partial charge in [-0.3, -0.25) is 10.1 Å². The second-order valence-electron chi connectivity index (χ2n) is 5.43. The summed E-state index contributed by atoms with van der Waals surface area (Å²) in [5.74, 6) is 0.471. The van der Waals surface area contributed by atoms with E-state index in [0.29, 0.717) is 17.1 Å². The van der Waals surface area contributed by atoms with Crippen molar-refractivity contribution < 1.29 is 10.0 Å². The average molecular weight is 309 g/mol. The summed E-state index contributed by atoms with van der Waals surface area (Å²) in [6.45, 7) is 2.18. The summed E-state index contributed by atoms with van der Waals surface area (Å²) in [6.07, 6.45) is 4.64. The Labute approximate surface area is 128 Å². The van der Waals surface area contributed by atoms with Crippen LogP contribution < -0.4 is 10.6 Å². The highest BCUT2D eigenvalue weighted by molar-refractivity contribution is 7.80. The smallest absolute Gasteiger partial charge is 0.271 e. The van der Waals surface area contributed by atoms with Gasteiger partial charge < -0.3 is 15.7 Å². The molecule has 2 rings (SSSR count). The van der Waals surface area contributed by atoms with E-state index in [2.05, 4.69) is 17.6 Å². The fourth-order valence-corrected chi connectivity index (χ4v) is 2.86. The van der Waals surface area contributed by atoms with E-state index in [1.54, 1.807) is 0 Å². The monoisotopic (exact) mass is 309 g/mol. The molecule has 1 fully saturated rings. The van der Waals surface area contributed by atoms with Gasteiger partial charge in [-0.2, -0.15) is 0 Å². The Kier molecular flexibility index (Phi) is 4.95. The van der Waals surface area contributed by atoms with Crippen molar-refractivity contribution in [1.29, 1.82) is 0 Å². The highest BCUT2D eigenvalue weighted by Gasteiger charge is 2.22. The molecule has 6 nitrogen and oxygen atoms in total. The van der Waals surface area contributed by atoms with E-state index >= 15 is 0 Å². The van der Waals surface area contributed by atoms with Crippen LogP contribution in [-0.2, 0) is 0 Å². The third-order valence-electron chi connectivity index (χ3n) is 3.87. The number of nitrogens with zero attached hydrogens (tertiary/aromatic N) is 1. The van der Waals surface area contributed by atoms with Gasteiger partial charge in [0.25, 0.3) is 5.69 Å². The number of rotatable bonds is 3. The Morgan fingerprint density at radius 2 is 2.14 bits per heavy atom. The third-order valence-corrected chi connectivity index (χ3v) is 4.09. The van der Waals surface area contributed by atoms with Gasteiger partial charge in [0.05, 0.1) is 10.6 Å². The normalized spacial score (nSPS) is 21.6. The van der Waals surface area contributed by atoms with Crippen molar-refractivity contribution in [2.45, 2.75) is 38.6 Å². The van der Waals surface area contributed by atoms with Crippen molar-refractivity contribution in [3.63, 3.8) is 0 Å². The van der Waals surface area contributed by atoms with Crippen molar-refractivity contribution in [3.05, 3.63) is 28.3 Å². The lowest BCUT2D eigenvalue weighted by molar-refractivity contribution is -0.384. The molecule has 1 aromatic rings. The summed E-state index contributed by atoms with van der Waals surface area (Å²) in [5, 5.41) is 27.0. The van der Waals surface area contributed by atoms with Crippen molar-refractivity contribution in [3.8, 4) is 5.75 Å². The number of phenols is 1. The van der Waals surface area contributed by atoms with E-state index in [1.807, 2.05) is 0 Å². The number of hydrogen-bond acceptors (Lipinski definition) is 4. The molecule has 0 bridgehead atoms. The molecule has 0 radical (unpaired) electrons. The second kappa shape index (κ2) is 6.71. The Morgan fingerprint density at radius 1 is 1.43 bits per heavy atom. The van der Waals surface area contributed by atoms with Gasteiger partial charge in [0.1, 0.15) is 5.75 Å².